The predicted octanol–water partition coefficient (Wildman–Crippen LogP) is 3.81. The molecule has 0 fully saturated rings. The van der Waals surface area contributed by atoms with E-state index in [-0.39, 0.29) is 10.1 Å². The lowest BCUT2D eigenvalue weighted by Crippen LogP contribution is -2.32. The van der Waals surface area contributed by atoms with Gasteiger partial charge in [-0.25, -0.2) is 17.9 Å². The highest BCUT2D eigenvalue weighted by atomic mass is 79.9. The molecule has 1 atom stereocenters. The molecule has 0 amide bonds. The van der Waals surface area contributed by atoms with Crippen LogP contribution in [-0.2, 0) is 0 Å². The highest BCUT2D eigenvalue weighted by Gasteiger charge is 2.38. The molecule has 0 aromatic carbocycles. The first kappa shape index (κ1) is 13.2. The van der Waals surface area contributed by atoms with Gasteiger partial charge in [0, 0.05) is 10.5 Å². The molecule has 1 unspecified atom stereocenters. The summed E-state index contributed by atoms with van der Waals surface area (Å²) in [7, 11) is 0. The molecule has 0 saturated carbocycles. The Bertz CT molecular complexity index is 665. The summed E-state index contributed by atoms with van der Waals surface area (Å²) in [5, 5.41) is 0. The third-order valence-corrected chi connectivity index (χ3v) is 5.16. The van der Waals surface area contributed by atoms with E-state index in [1.54, 1.807) is 12.1 Å². The average Bonchev–Trinajstić information content (AvgIpc) is 3.05. The first-order chi connectivity index (χ1) is 9.13. The number of rotatable bonds is 2. The molecule has 1 N–H and O–H groups in total. The number of hydrogen-bond donors (Lipinski definition) is 1. The number of aldehydes is 1. The molecule has 2 aliphatic rings. The first-order valence-corrected chi connectivity index (χ1v) is 7.52. The van der Waals surface area contributed by atoms with Crippen molar-refractivity contribution in [1.29, 1.82) is 0 Å². The van der Waals surface area contributed by atoms with E-state index in [4.69, 9.17) is 0 Å². The van der Waals surface area contributed by atoms with Crippen molar-refractivity contribution in [2.45, 2.75) is 6.04 Å². The number of thiophene rings is 1. The lowest BCUT2D eigenvalue weighted by Gasteiger charge is -2.21. The van der Waals surface area contributed by atoms with Gasteiger partial charge in [0.05, 0.1) is 33.2 Å². The Morgan fingerprint density at radius 3 is 2.84 bits per heavy atom. The van der Waals surface area contributed by atoms with Gasteiger partial charge in [0.25, 0.3) is 0 Å². The fourth-order valence-corrected chi connectivity index (χ4v) is 4.05. The second-order valence-corrected chi connectivity index (χ2v) is 6.30. The van der Waals surface area contributed by atoms with E-state index in [9.17, 15) is 13.6 Å². The van der Waals surface area contributed by atoms with Crippen LogP contribution in [0.15, 0.2) is 32.7 Å². The fraction of sp³-hybridized carbons (Fsp3) is 0.0909. The van der Waals surface area contributed by atoms with Gasteiger partial charge < -0.3 is 0 Å². The van der Waals surface area contributed by atoms with Gasteiger partial charge in [-0.1, -0.05) is 0 Å². The molecule has 1 aromatic heterocycles. The van der Waals surface area contributed by atoms with Crippen LogP contribution >= 0.6 is 39.4 Å². The largest absolute Gasteiger partial charge is 0.297 e. The average molecular weight is 363 g/mol. The Morgan fingerprint density at radius 2 is 2.16 bits per heavy atom. The second-order valence-electron chi connectivity index (χ2n) is 3.79. The lowest BCUT2D eigenvalue weighted by atomic mass is 9.95. The van der Waals surface area contributed by atoms with Gasteiger partial charge in [-0.2, -0.15) is 0 Å². The Balaban J connectivity index is 2.17. The minimum atomic E-state index is -0.963. The molecule has 0 bridgehead atoms. The second kappa shape index (κ2) is 4.93. The Kier molecular flexibility index (Phi) is 3.42. The zero-order valence-corrected chi connectivity index (χ0v) is 12.3. The summed E-state index contributed by atoms with van der Waals surface area (Å²) < 4.78 is 35.0. The van der Waals surface area contributed by atoms with E-state index < -0.39 is 17.7 Å². The van der Waals surface area contributed by atoms with Crippen LogP contribution in [0.2, 0.25) is 0 Å². The monoisotopic (exact) mass is 362 g/mol. The number of carbonyl (C=O) groups excluding carboxylic acids is 1. The summed E-state index contributed by atoms with van der Waals surface area (Å²) in [4.78, 5) is 11.7. The summed E-state index contributed by atoms with van der Waals surface area (Å²) in [6.07, 6.45) is 0.684. The number of nitrogens with zero attached hydrogens (tertiary/aromatic N) is 1. The maximum Gasteiger partial charge on any atom is 0.175 e. The van der Waals surface area contributed by atoms with E-state index in [0.29, 0.717) is 21.8 Å². The molecule has 3 nitrogen and oxygen atoms in total. The molecule has 19 heavy (non-hydrogen) atoms. The van der Waals surface area contributed by atoms with Crippen LogP contribution in [0, 0.1) is 0 Å². The maximum absolute atomic E-state index is 14.2. The van der Waals surface area contributed by atoms with Gasteiger partial charge in [-0.05, 0) is 28.1 Å². The summed E-state index contributed by atoms with van der Waals surface area (Å²) in [6.45, 7) is 0. The summed E-state index contributed by atoms with van der Waals surface area (Å²) in [5.74, 6) is -1.89. The molecular formula is C11H5BrF2N2OS2. The Morgan fingerprint density at radius 1 is 1.37 bits per heavy atom. The van der Waals surface area contributed by atoms with Crippen LogP contribution in [0.25, 0.3) is 5.57 Å². The number of carbonyl (C=O) groups is 1. The number of nitrogens with one attached hydrogen (secondary N) is 1. The predicted molar refractivity (Wildman–Crippen MR) is 76.7 cm³/mol. The van der Waals surface area contributed by atoms with Gasteiger partial charge in [0.2, 0.25) is 0 Å². The van der Waals surface area contributed by atoms with E-state index in [1.807, 2.05) is 0 Å². The molecule has 1 aliphatic heterocycles. The highest BCUT2D eigenvalue weighted by molar-refractivity contribution is 9.12. The van der Waals surface area contributed by atoms with Crippen LogP contribution in [0.4, 0.5) is 8.78 Å². The standard InChI is InChI=1S/C11H5BrF2N2OS2/c12-7-9(14)8(13)6(10-11(7)16-19-15-10)5-2-1-4(3-17)18-5/h1-3,10,15H. The van der Waals surface area contributed by atoms with Crippen molar-refractivity contribution < 1.29 is 13.6 Å². The van der Waals surface area contributed by atoms with Crippen LogP contribution in [0.1, 0.15) is 14.5 Å². The van der Waals surface area contributed by atoms with Crippen molar-refractivity contribution in [3.63, 3.8) is 0 Å². The SMILES string of the molecule is O=Cc1ccc(C2=C(F)C(F)=C(Br)C3=NSNC32)s1. The molecule has 3 rings (SSSR count). The zero-order chi connectivity index (χ0) is 13.6. The van der Waals surface area contributed by atoms with Crippen molar-refractivity contribution in [2.24, 2.45) is 4.40 Å². The normalized spacial score (nSPS) is 22.7. The van der Waals surface area contributed by atoms with Crippen molar-refractivity contribution in [3.8, 4) is 0 Å². The minimum Gasteiger partial charge on any atom is -0.297 e. The summed E-state index contributed by atoms with van der Waals surface area (Å²) in [6, 6.07) is 2.67. The Labute approximate surface area is 123 Å². The highest BCUT2D eigenvalue weighted by Crippen LogP contribution is 2.43. The number of fused-ring (bicyclic) bond motifs is 1. The topological polar surface area (TPSA) is 41.5 Å². The minimum absolute atomic E-state index is 0.0309. The molecule has 1 aliphatic carbocycles. The van der Waals surface area contributed by atoms with Crippen molar-refractivity contribution >= 4 is 57.0 Å². The molecule has 98 valence electrons. The van der Waals surface area contributed by atoms with Crippen LogP contribution < -0.4 is 4.72 Å². The van der Waals surface area contributed by atoms with Crippen molar-refractivity contribution in [3.05, 3.63) is 38.0 Å². The Hall–Kier alpha value is -0.830. The number of allylic oxidation sites excluding steroid dienone is 2. The van der Waals surface area contributed by atoms with Crippen molar-refractivity contribution in [1.82, 2.24) is 4.72 Å². The first-order valence-electron chi connectivity index (χ1n) is 5.14. The molecule has 2 heterocycles. The molecule has 0 spiro atoms. The fourth-order valence-electron chi connectivity index (χ4n) is 1.86. The zero-order valence-electron chi connectivity index (χ0n) is 9.12. The van der Waals surface area contributed by atoms with Crippen molar-refractivity contribution in [2.75, 3.05) is 0 Å². The van der Waals surface area contributed by atoms with Crippen LogP contribution in [0.3, 0.4) is 0 Å². The third kappa shape index (κ3) is 2.03. The maximum atomic E-state index is 14.2. The van der Waals surface area contributed by atoms with E-state index in [0.717, 1.165) is 23.5 Å². The molecule has 0 radical (unpaired) electrons. The van der Waals surface area contributed by atoms with Gasteiger partial charge in [-0.15, -0.1) is 11.3 Å². The summed E-state index contributed by atoms with van der Waals surface area (Å²) >= 11 is 5.17. The number of hydrogen-bond acceptors (Lipinski definition) is 5. The van der Waals surface area contributed by atoms with Gasteiger partial charge in [0.15, 0.2) is 17.9 Å². The number of halogens is 3. The molecular weight excluding hydrogens is 358 g/mol. The smallest absolute Gasteiger partial charge is 0.175 e. The van der Waals surface area contributed by atoms with E-state index >= 15 is 0 Å². The van der Waals surface area contributed by atoms with Gasteiger partial charge in [-0.3, -0.25) is 4.79 Å². The summed E-state index contributed by atoms with van der Waals surface area (Å²) in [5.41, 5.74) is 0.600. The lowest BCUT2D eigenvalue weighted by molar-refractivity contribution is 0.112. The van der Waals surface area contributed by atoms with Crippen LogP contribution in [-0.4, -0.2) is 18.0 Å². The van der Waals surface area contributed by atoms with Gasteiger partial charge in [0.1, 0.15) is 0 Å². The molecule has 1 aromatic rings. The van der Waals surface area contributed by atoms with Gasteiger partial charge >= 0.3 is 0 Å². The molecule has 8 heteroatoms. The quantitative estimate of drug-likeness (QED) is 0.642. The third-order valence-electron chi connectivity index (χ3n) is 2.73. The van der Waals surface area contributed by atoms with Crippen LogP contribution in [0.5, 0.6) is 0 Å². The van der Waals surface area contributed by atoms with E-state index in [1.165, 1.54) is 0 Å². The molecule has 0 saturated heterocycles. The van der Waals surface area contributed by atoms with E-state index in [2.05, 4.69) is 25.0 Å².